The minimum atomic E-state index is -0.213. The highest BCUT2D eigenvalue weighted by Gasteiger charge is 2.20. The molecule has 110 valence electrons. The molecule has 1 heterocycles. The third-order valence-corrected chi connectivity index (χ3v) is 4.52. The molecule has 1 aromatic heterocycles. The second-order valence-corrected chi connectivity index (χ2v) is 6.25. The molecule has 2 aromatic rings. The van der Waals surface area contributed by atoms with Crippen molar-refractivity contribution in [1.82, 2.24) is 10.3 Å². The van der Waals surface area contributed by atoms with Crippen LogP contribution in [0.2, 0.25) is 0 Å². The van der Waals surface area contributed by atoms with Crippen LogP contribution in [0.1, 0.15) is 31.9 Å². The number of benzene rings is 1. The average molecular weight is 302 g/mol. The van der Waals surface area contributed by atoms with Crippen LogP contribution in [0.5, 0.6) is 0 Å². The molecule has 2 nitrogen and oxygen atoms in total. The van der Waals surface area contributed by atoms with Crippen molar-refractivity contribution in [1.29, 1.82) is 0 Å². The van der Waals surface area contributed by atoms with Crippen LogP contribution in [-0.2, 0) is 0 Å². The number of thiazole rings is 1. The molecule has 0 bridgehead atoms. The molecule has 1 fully saturated rings. The molecule has 0 spiro atoms. The Bertz CT molecular complexity index is 626. The summed E-state index contributed by atoms with van der Waals surface area (Å²) in [6.45, 7) is 3.12. The van der Waals surface area contributed by atoms with Gasteiger partial charge in [-0.25, -0.2) is 9.37 Å². The number of rotatable bonds is 6. The van der Waals surface area contributed by atoms with Crippen LogP contribution < -0.4 is 5.32 Å². The number of nitrogens with one attached hydrogen (secondary N) is 1. The van der Waals surface area contributed by atoms with Crippen LogP contribution in [0.4, 0.5) is 4.39 Å². The van der Waals surface area contributed by atoms with Crippen LogP contribution in [0.15, 0.2) is 35.2 Å². The Morgan fingerprint density at radius 2 is 2.14 bits per heavy atom. The molecule has 1 aromatic carbocycles. The molecule has 1 aliphatic carbocycles. The molecule has 0 amide bonds. The molecule has 3 rings (SSSR count). The summed E-state index contributed by atoms with van der Waals surface area (Å²) in [6.07, 6.45) is 5.81. The van der Waals surface area contributed by atoms with Crippen molar-refractivity contribution in [2.24, 2.45) is 0 Å². The zero-order chi connectivity index (χ0) is 14.7. The van der Waals surface area contributed by atoms with Gasteiger partial charge in [-0.2, -0.15) is 0 Å². The third-order valence-electron chi connectivity index (χ3n) is 3.61. The van der Waals surface area contributed by atoms with Gasteiger partial charge in [-0.3, -0.25) is 0 Å². The molecule has 0 aliphatic heterocycles. The van der Waals surface area contributed by atoms with E-state index in [1.165, 1.54) is 30.5 Å². The van der Waals surface area contributed by atoms with Gasteiger partial charge in [-0.15, -0.1) is 11.3 Å². The Labute approximate surface area is 128 Å². The van der Waals surface area contributed by atoms with E-state index in [-0.39, 0.29) is 5.82 Å². The standard InChI is InChI=1S/C17H19FN2S/c1-2-12(10-19-15-7-8-15)9-16-11-21-17(20-16)13-3-5-14(18)6-4-13/h3-6,9,11,15,19H,2,7-8,10H2,1H3. The first-order valence-corrected chi connectivity index (χ1v) is 8.27. The smallest absolute Gasteiger partial charge is 0.124 e. The van der Waals surface area contributed by atoms with Crippen LogP contribution in [0, 0.1) is 5.82 Å². The lowest BCUT2D eigenvalue weighted by molar-refractivity contribution is 0.628. The second kappa shape index (κ2) is 6.50. The van der Waals surface area contributed by atoms with Gasteiger partial charge in [0.25, 0.3) is 0 Å². The van der Waals surface area contributed by atoms with E-state index in [1.54, 1.807) is 23.5 Å². The summed E-state index contributed by atoms with van der Waals surface area (Å²) in [7, 11) is 0. The van der Waals surface area contributed by atoms with E-state index in [2.05, 4.69) is 28.7 Å². The SMILES string of the molecule is CCC(=Cc1csc(-c2ccc(F)cc2)n1)CNC1CC1. The van der Waals surface area contributed by atoms with Crippen LogP contribution in [0.25, 0.3) is 16.6 Å². The van der Waals surface area contributed by atoms with Crippen molar-refractivity contribution in [2.75, 3.05) is 6.54 Å². The van der Waals surface area contributed by atoms with Crippen LogP contribution >= 0.6 is 11.3 Å². The van der Waals surface area contributed by atoms with Crippen molar-refractivity contribution in [3.05, 3.63) is 46.7 Å². The van der Waals surface area contributed by atoms with Gasteiger partial charge in [0, 0.05) is 23.5 Å². The molecule has 0 unspecified atom stereocenters. The predicted octanol–water partition coefficient (Wildman–Crippen LogP) is 4.49. The zero-order valence-corrected chi connectivity index (χ0v) is 12.9. The Morgan fingerprint density at radius 1 is 1.38 bits per heavy atom. The van der Waals surface area contributed by atoms with Crippen LogP contribution in [-0.4, -0.2) is 17.6 Å². The van der Waals surface area contributed by atoms with Crippen molar-refractivity contribution in [3.8, 4) is 10.6 Å². The Kier molecular flexibility index (Phi) is 4.46. The minimum Gasteiger partial charge on any atom is -0.310 e. The fourth-order valence-electron chi connectivity index (χ4n) is 2.13. The molecular weight excluding hydrogens is 283 g/mol. The first kappa shape index (κ1) is 14.4. The van der Waals surface area contributed by atoms with Crippen molar-refractivity contribution in [3.63, 3.8) is 0 Å². The number of aromatic nitrogens is 1. The van der Waals surface area contributed by atoms with Gasteiger partial charge in [0.1, 0.15) is 10.8 Å². The van der Waals surface area contributed by atoms with Crippen LogP contribution in [0.3, 0.4) is 0 Å². The van der Waals surface area contributed by atoms with E-state index in [0.29, 0.717) is 0 Å². The molecule has 1 aliphatic rings. The third kappa shape index (κ3) is 3.99. The lowest BCUT2D eigenvalue weighted by Crippen LogP contribution is -2.18. The number of hydrogen-bond acceptors (Lipinski definition) is 3. The minimum absolute atomic E-state index is 0.213. The van der Waals surface area contributed by atoms with E-state index in [0.717, 1.165) is 35.3 Å². The number of halogens is 1. The highest BCUT2D eigenvalue weighted by atomic mass is 32.1. The van der Waals surface area contributed by atoms with Gasteiger partial charge >= 0.3 is 0 Å². The fraction of sp³-hybridized carbons (Fsp3) is 0.353. The predicted molar refractivity (Wildman–Crippen MR) is 86.8 cm³/mol. The second-order valence-electron chi connectivity index (χ2n) is 5.40. The first-order valence-electron chi connectivity index (χ1n) is 7.39. The largest absolute Gasteiger partial charge is 0.310 e. The molecule has 1 saturated carbocycles. The summed E-state index contributed by atoms with van der Waals surface area (Å²) in [5.74, 6) is -0.213. The Balaban J connectivity index is 1.71. The molecular formula is C17H19FN2S. The summed E-state index contributed by atoms with van der Waals surface area (Å²) in [5.41, 5.74) is 3.34. The number of hydrogen-bond donors (Lipinski definition) is 1. The zero-order valence-electron chi connectivity index (χ0n) is 12.1. The summed E-state index contributed by atoms with van der Waals surface area (Å²) in [5, 5.41) is 6.54. The average Bonchev–Trinajstić information content (AvgIpc) is 3.22. The van der Waals surface area contributed by atoms with Crippen molar-refractivity contribution >= 4 is 17.4 Å². The maximum atomic E-state index is 12.9. The number of nitrogens with zero attached hydrogens (tertiary/aromatic N) is 1. The maximum absolute atomic E-state index is 12.9. The van der Waals surface area contributed by atoms with E-state index < -0.39 is 0 Å². The molecule has 21 heavy (non-hydrogen) atoms. The lowest BCUT2D eigenvalue weighted by Gasteiger charge is -2.05. The topological polar surface area (TPSA) is 24.9 Å². The normalized spacial score (nSPS) is 15.4. The molecule has 4 heteroatoms. The van der Waals surface area contributed by atoms with Crippen molar-refractivity contribution in [2.45, 2.75) is 32.2 Å². The summed E-state index contributed by atoms with van der Waals surface area (Å²) in [6, 6.07) is 7.23. The summed E-state index contributed by atoms with van der Waals surface area (Å²) in [4.78, 5) is 4.63. The van der Waals surface area contributed by atoms with Gasteiger partial charge in [-0.1, -0.05) is 12.5 Å². The quantitative estimate of drug-likeness (QED) is 0.850. The van der Waals surface area contributed by atoms with Gasteiger partial charge in [-0.05, 0) is 49.6 Å². The summed E-state index contributed by atoms with van der Waals surface area (Å²) < 4.78 is 12.9. The lowest BCUT2D eigenvalue weighted by atomic mass is 10.1. The molecule has 1 N–H and O–H groups in total. The highest BCUT2D eigenvalue weighted by molar-refractivity contribution is 7.13. The van der Waals surface area contributed by atoms with Gasteiger partial charge in [0.05, 0.1) is 5.69 Å². The molecule has 0 radical (unpaired) electrons. The maximum Gasteiger partial charge on any atom is 0.124 e. The Morgan fingerprint density at radius 3 is 2.81 bits per heavy atom. The summed E-state index contributed by atoms with van der Waals surface area (Å²) >= 11 is 1.60. The van der Waals surface area contributed by atoms with E-state index in [4.69, 9.17) is 0 Å². The first-order chi connectivity index (χ1) is 10.2. The van der Waals surface area contributed by atoms with Crippen molar-refractivity contribution < 1.29 is 4.39 Å². The van der Waals surface area contributed by atoms with E-state index >= 15 is 0 Å². The molecule has 0 saturated heterocycles. The van der Waals surface area contributed by atoms with Gasteiger partial charge in [0.2, 0.25) is 0 Å². The highest BCUT2D eigenvalue weighted by Crippen LogP contribution is 2.25. The van der Waals surface area contributed by atoms with Gasteiger partial charge in [0.15, 0.2) is 0 Å². The molecule has 0 atom stereocenters. The Hall–Kier alpha value is -1.52. The monoisotopic (exact) mass is 302 g/mol. The fourth-order valence-corrected chi connectivity index (χ4v) is 2.91. The van der Waals surface area contributed by atoms with Gasteiger partial charge < -0.3 is 5.32 Å². The van der Waals surface area contributed by atoms with E-state index in [1.807, 2.05) is 0 Å². The van der Waals surface area contributed by atoms with E-state index in [9.17, 15) is 4.39 Å².